The molecule has 0 amide bonds. The minimum absolute atomic E-state index is 0.0384. The summed E-state index contributed by atoms with van der Waals surface area (Å²) < 4.78 is 0. The molecule has 0 spiro atoms. The first kappa shape index (κ1) is 8.79. The van der Waals surface area contributed by atoms with E-state index in [1.165, 1.54) is 25.3 Å². The lowest BCUT2D eigenvalue weighted by molar-refractivity contribution is 0.608. The van der Waals surface area contributed by atoms with Crippen LogP contribution in [-0.2, 0) is 0 Å². The van der Waals surface area contributed by atoms with Gasteiger partial charge in [0.2, 0.25) is 0 Å². The smallest absolute Gasteiger partial charge is 0.0415 e. The Morgan fingerprint density at radius 1 is 1.40 bits per heavy atom. The summed E-state index contributed by atoms with van der Waals surface area (Å²) in [7, 11) is 0.0384. The molecule has 1 radical (unpaired) electrons. The predicted molar refractivity (Wildman–Crippen MR) is 52.3 cm³/mol. The van der Waals surface area contributed by atoms with E-state index in [4.69, 9.17) is 0 Å². The molecule has 0 nitrogen and oxygen atoms in total. The highest BCUT2D eigenvalue weighted by Crippen LogP contribution is 2.33. The first-order chi connectivity index (χ1) is 4.68. The summed E-state index contributed by atoms with van der Waals surface area (Å²) >= 11 is 3.68. The molecule has 59 valence electrons. The molecule has 2 atom stereocenters. The van der Waals surface area contributed by atoms with E-state index in [0.29, 0.717) is 0 Å². The van der Waals surface area contributed by atoms with Gasteiger partial charge in [-0.15, -0.1) is 0 Å². The van der Waals surface area contributed by atoms with Crippen LogP contribution < -0.4 is 0 Å². The Labute approximate surface area is 74.1 Å². The Bertz CT molecular complexity index is 103. The fraction of sp³-hybridized carbons (Fsp3) is 1.00. The molecule has 0 aromatic heterocycles. The van der Waals surface area contributed by atoms with E-state index in [2.05, 4.69) is 29.0 Å². The molecule has 1 fully saturated rings. The second-order valence-corrected chi connectivity index (χ2v) is 7.81. The third-order valence-electron chi connectivity index (χ3n) is 2.17. The fourth-order valence-corrected chi connectivity index (χ4v) is 4.10. The monoisotopic (exact) mass is 219 g/mol. The molecule has 0 aromatic rings. The van der Waals surface area contributed by atoms with Crippen molar-refractivity contribution in [1.82, 2.24) is 0 Å². The van der Waals surface area contributed by atoms with Crippen LogP contribution >= 0.6 is 15.9 Å². The van der Waals surface area contributed by atoms with Crippen LogP contribution in [0.15, 0.2) is 0 Å². The molecule has 1 rings (SSSR count). The third kappa shape index (κ3) is 2.75. The van der Waals surface area contributed by atoms with Crippen molar-refractivity contribution < 1.29 is 0 Å². The first-order valence-electron chi connectivity index (χ1n) is 4.11. The zero-order valence-corrected chi connectivity index (χ0v) is 9.45. The molecule has 0 bridgehead atoms. The van der Waals surface area contributed by atoms with Crippen molar-refractivity contribution in [2.45, 2.75) is 43.2 Å². The predicted octanol–water partition coefficient (Wildman–Crippen LogP) is 3.30. The molecule has 0 saturated heterocycles. The van der Waals surface area contributed by atoms with Crippen molar-refractivity contribution in [3.8, 4) is 0 Å². The van der Waals surface area contributed by atoms with Crippen LogP contribution in [0.2, 0.25) is 19.1 Å². The van der Waals surface area contributed by atoms with E-state index >= 15 is 0 Å². The normalized spacial score (nSPS) is 33.6. The average Bonchev–Trinajstić information content (AvgIpc) is 2.13. The maximum absolute atomic E-state index is 3.68. The first-order valence-corrected chi connectivity index (χ1v) is 7.74. The minimum Gasteiger partial charge on any atom is -0.0891 e. The summed E-state index contributed by atoms with van der Waals surface area (Å²) in [5.41, 5.74) is 0. The van der Waals surface area contributed by atoms with Crippen molar-refractivity contribution in [2.75, 3.05) is 0 Å². The van der Waals surface area contributed by atoms with Crippen molar-refractivity contribution in [1.29, 1.82) is 0 Å². The highest BCUT2D eigenvalue weighted by Gasteiger charge is 2.22. The van der Waals surface area contributed by atoms with Gasteiger partial charge in [0.05, 0.1) is 0 Å². The zero-order valence-electron chi connectivity index (χ0n) is 6.86. The van der Waals surface area contributed by atoms with Gasteiger partial charge in [-0.25, -0.2) is 0 Å². The van der Waals surface area contributed by atoms with Gasteiger partial charge >= 0.3 is 0 Å². The molecule has 2 unspecified atom stereocenters. The molecule has 0 aliphatic heterocycles. The van der Waals surface area contributed by atoms with Gasteiger partial charge in [0.25, 0.3) is 0 Å². The van der Waals surface area contributed by atoms with Gasteiger partial charge < -0.3 is 0 Å². The van der Waals surface area contributed by atoms with Crippen LogP contribution in [0.25, 0.3) is 0 Å². The second kappa shape index (κ2) is 3.91. The lowest BCUT2D eigenvalue weighted by Gasteiger charge is -2.09. The average molecular weight is 220 g/mol. The lowest BCUT2D eigenvalue weighted by Crippen LogP contribution is -2.06. The van der Waals surface area contributed by atoms with Gasteiger partial charge in [0.15, 0.2) is 0 Å². The highest BCUT2D eigenvalue weighted by atomic mass is 79.9. The van der Waals surface area contributed by atoms with E-state index in [0.717, 1.165) is 10.7 Å². The van der Waals surface area contributed by atoms with E-state index in [-0.39, 0.29) is 8.80 Å². The van der Waals surface area contributed by atoms with Crippen LogP contribution in [0.1, 0.15) is 19.3 Å². The van der Waals surface area contributed by atoms with Crippen LogP contribution in [0.5, 0.6) is 0 Å². The summed E-state index contributed by atoms with van der Waals surface area (Å²) in [6.45, 7) is 4.85. The van der Waals surface area contributed by atoms with Crippen LogP contribution in [0.4, 0.5) is 0 Å². The van der Waals surface area contributed by atoms with Crippen LogP contribution in [-0.4, -0.2) is 13.6 Å². The van der Waals surface area contributed by atoms with Crippen molar-refractivity contribution in [3.05, 3.63) is 0 Å². The van der Waals surface area contributed by atoms with Crippen molar-refractivity contribution >= 4 is 24.7 Å². The van der Waals surface area contributed by atoms with E-state index < -0.39 is 0 Å². The zero-order chi connectivity index (χ0) is 7.56. The Balaban J connectivity index is 2.18. The maximum Gasteiger partial charge on any atom is 0.0415 e. The molecule has 10 heavy (non-hydrogen) atoms. The lowest BCUT2D eigenvalue weighted by atomic mass is 10.1. The van der Waals surface area contributed by atoms with Gasteiger partial charge in [-0.3, -0.25) is 0 Å². The van der Waals surface area contributed by atoms with E-state index in [9.17, 15) is 0 Å². The molecule has 0 aromatic carbocycles. The number of rotatable bonds is 2. The SMILES string of the molecule is C[Si](C)CC1CCC(Br)C1. The summed E-state index contributed by atoms with van der Waals surface area (Å²) in [4.78, 5) is 0.846. The molecular formula is C8H16BrSi. The van der Waals surface area contributed by atoms with Gasteiger partial charge in [-0.05, 0) is 25.2 Å². The van der Waals surface area contributed by atoms with Gasteiger partial charge in [0.1, 0.15) is 0 Å². The van der Waals surface area contributed by atoms with Gasteiger partial charge in [-0.1, -0.05) is 35.1 Å². The summed E-state index contributed by atoms with van der Waals surface area (Å²) in [5, 5.41) is 0. The fourth-order valence-electron chi connectivity index (χ4n) is 1.78. The molecular weight excluding hydrogens is 204 g/mol. The summed E-state index contributed by atoms with van der Waals surface area (Å²) in [6, 6.07) is 1.53. The number of halogens is 1. The Kier molecular flexibility index (Phi) is 3.44. The standard InChI is InChI=1S/C8H16BrSi/c1-10(2)6-7-3-4-8(9)5-7/h7-8H,3-6H2,1-2H3. The highest BCUT2D eigenvalue weighted by molar-refractivity contribution is 9.09. The van der Waals surface area contributed by atoms with Crippen molar-refractivity contribution in [2.24, 2.45) is 5.92 Å². The largest absolute Gasteiger partial charge is 0.0891 e. The Morgan fingerprint density at radius 2 is 2.10 bits per heavy atom. The molecule has 1 aliphatic carbocycles. The number of hydrogen-bond donors (Lipinski definition) is 0. The maximum atomic E-state index is 3.68. The Hall–Kier alpha value is 0.697. The van der Waals surface area contributed by atoms with E-state index in [1.54, 1.807) is 0 Å². The van der Waals surface area contributed by atoms with Gasteiger partial charge in [-0.2, -0.15) is 0 Å². The molecule has 1 aliphatic rings. The Morgan fingerprint density at radius 3 is 2.50 bits per heavy atom. The van der Waals surface area contributed by atoms with Gasteiger partial charge in [0, 0.05) is 13.6 Å². The quantitative estimate of drug-likeness (QED) is 0.494. The number of alkyl halides is 1. The number of hydrogen-bond acceptors (Lipinski definition) is 0. The van der Waals surface area contributed by atoms with Crippen LogP contribution in [0.3, 0.4) is 0 Å². The second-order valence-electron chi connectivity index (χ2n) is 3.69. The minimum atomic E-state index is 0.0384. The van der Waals surface area contributed by atoms with E-state index in [1.807, 2.05) is 0 Å². The summed E-state index contributed by atoms with van der Waals surface area (Å²) in [5.74, 6) is 1.06. The molecule has 2 heteroatoms. The molecule has 1 saturated carbocycles. The molecule has 0 heterocycles. The van der Waals surface area contributed by atoms with Crippen LogP contribution in [0, 0.1) is 5.92 Å². The van der Waals surface area contributed by atoms with Crippen molar-refractivity contribution in [3.63, 3.8) is 0 Å². The third-order valence-corrected chi connectivity index (χ3v) is 4.40. The topological polar surface area (TPSA) is 0 Å². The molecule has 0 N–H and O–H groups in total. The summed E-state index contributed by atoms with van der Waals surface area (Å²) in [6.07, 6.45) is 4.33.